The highest BCUT2D eigenvalue weighted by Crippen LogP contribution is 2.33. The van der Waals surface area contributed by atoms with Gasteiger partial charge < -0.3 is 10.5 Å². The first-order valence-corrected chi connectivity index (χ1v) is 6.16. The largest absolute Gasteiger partial charge is 0.381 e. The van der Waals surface area contributed by atoms with Crippen LogP contribution in [0.3, 0.4) is 0 Å². The van der Waals surface area contributed by atoms with Crippen LogP contribution >= 0.6 is 11.6 Å². The quantitative estimate of drug-likeness (QED) is 0.861. The Morgan fingerprint density at radius 2 is 2.06 bits per heavy atom. The topological polar surface area (TPSA) is 35.2 Å². The van der Waals surface area contributed by atoms with Gasteiger partial charge in [-0.3, -0.25) is 0 Å². The highest BCUT2D eigenvalue weighted by molar-refractivity contribution is 6.31. The molecule has 1 saturated heterocycles. The summed E-state index contributed by atoms with van der Waals surface area (Å²) in [4.78, 5) is 0. The molecule has 1 fully saturated rings. The van der Waals surface area contributed by atoms with Gasteiger partial charge in [0.25, 0.3) is 0 Å². The summed E-state index contributed by atoms with van der Waals surface area (Å²) >= 11 is 6.23. The van der Waals surface area contributed by atoms with E-state index in [0.717, 1.165) is 36.6 Å². The van der Waals surface area contributed by atoms with Crippen LogP contribution in [0.25, 0.3) is 0 Å². The fourth-order valence-corrected chi connectivity index (χ4v) is 2.73. The molecule has 16 heavy (non-hydrogen) atoms. The third-order valence-electron chi connectivity index (χ3n) is 3.38. The zero-order chi connectivity index (χ0) is 11.5. The number of ether oxygens (including phenoxy) is 1. The maximum absolute atomic E-state index is 6.33. The Labute approximate surface area is 102 Å². The lowest BCUT2D eigenvalue weighted by Crippen LogP contribution is -2.28. The van der Waals surface area contributed by atoms with Crippen LogP contribution in [0.4, 0.5) is 0 Å². The van der Waals surface area contributed by atoms with Gasteiger partial charge >= 0.3 is 0 Å². The van der Waals surface area contributed by atoms with Crippen molar-refractivity contribution in [3.05, 3.63) is 34.3 Å². The summed E-state index contributed by atoms with van der Waals surface area (Å²) in [6, 6.07) is 6.00. The first-order valence-electron chi connectivity index (χ1n) is 5.78. The van der Waals surface area contributed by atoms with E-state index in [9.17, 15) is 0 Å². The van der Waals surface area contributed by atoms with E-state index in [1.165, 1.54) is 5.56 Å². The highest BCUT2D eigenvalue weighted by atomic mass is 35.5. The smallest absolute Gasteiger partial charge is 0.0469 e. The normalized spacial score (nSPS) is 19.7. The van der Waals surface area contributed by atoms with Crippen molar-refractivity contribution in [3.8, 4) is 0 Å². The maximum Gasteiger partial charge on any atom is 0.0469 e. The molecule has 0 unspecified atom stereocenters. The van der Waals surface area contributed by atoms with Gasteiger partial charge in [0.05, 0.1) is 0 Å². The molecule has 2 rings (SSSR count). The molecule has 2 N–H and O–H groups in total. The van der Waals surface area contributed by atoms with E-state index in [0.29, 0.717) is 5.92 Å². The van der Waals surface area contributed by atoms with Gasteiger partial charge in [-0.1, -0.05) is 23.7 Å². The number of halogens is 1. The van der Waals surface area contributed by atoms with Crippen molar-refractivity contribution in [2.45, 2.75) is 25.8 Å². The molecule has 3 heteroatoms. The summed E-state index contributed by atoms with van der Waals surface area (Å²) in [5.74, 6) is 0.493. The molecule has 0 bridgehead atoms. The third kappa shape index (κ3) is 2.40. The number of nitrogens with two attached hydrogens (primary N) is 1. The highest BCUT2D eigenvalue weighted by Gasteiger charge is 2.24. The molecular formula is C13H18ClNO. The summed E-state index contributed by atoms with van der Waals surface area (Å²) in [6.07, 6.45) is 2.07. The van der Waals surface area contributed by atoms with E-state index in [4.69, 9.17) is 22.1 Å². The molecule has 1 aliphatic rings. The summed E-state index contributed by atoms with van der Waals surface area (Å²) in [5.41, 5.74) is 8.63. The molecule has 88 valence electrons. The van der Waals surface area contributed by atoms with Crippen LogP contribution in [0.1, 0.15) is 30.0 Å². The lowest BCUT2D eigenvalue weighted by atomic mass is 9.86. The summed E-state index contributed by atoms with van der Waals surface area (Å²) in [7, 11) is 0. The Bertz CT molecular complexity index is 341. The van der Waals surface area contributed by atoms with Gasteiger partial charge in [-0.2, -0.15) is 0 Å². The Balaban J connectivity index is 2.22. The van der Waals surface area contributed by atoms with Crippen molar-refractivity contribution in [2.24, 2.45) is 11.7 Å². The molecular weight excluding hydrogens is 222 g/mol. The average Bonchev–Trinajstić information content (AvgIpc) is 2.30. The SMILES string of the molecule is Cc1cccc(Cl)c1[C@H](N)C1CCOCC1. The van der Waals surface area contributed by atoms with Crippen molar-refractivity contribution in [3.63, 3.8) is 0 Å². The van der Waals surface area contributed by atoms with Gasteiger partial charge in [0.2, 0.25) is 0 Å². The minimum atomic E-state index is 0.0394. The fourth-order valence-electron chi connectivity index (χ4n) is 2.38. The molecule has 0 aromatic heterocycles. The van der Waals surface area contributed by atoms with Gasteiger partial charge in [0.1, 0.15) is 0 Å². The molecule has 0 aliphatic carbocycles. The molecule has 2 nitrogen and oxygen atoms in total. The summed E-state index contributed by atoms with van der Waals surface area (Å²) in [5, 5.41) is 0.791. The number of hydrogen-bond acceptors (Lipinski definition) is 2. The summed E-state index contributed by atoms with van der Waals surface area (Å²) < 4.78 is 5.36. The van der Waals surface area contributed by atoms with E-state index >= 15 is 0 Å². The minimum absolute atomic E-state index is 0.0394. The molecule has 1 atom stereocenters. The maximum atomic E-state index is 6.33. The van der Waals surface area contributed by atoms with Crippen molar-refractivity contribution in [1.29, 1.82) is 0 Å². The van der Waals surface area contributed by atoms with Crippen LogP contribution in [0.5, 0.6) is 0 Å². The van der Waals surface area contributed by atoms with Crippen LogP contribution < -0.4 is 5.73 Å². The second-order valence-electron chi connectivity index (χ2n) is 4.45. The zero-order valence-electron chi connectivity index (χ0n) is 9.58. The number of hydrogen-bond donors (Lipinski definition) is 1. The third-order valence-corrected chi connectivity index (χ3v) is 3.71. The molecule has 0 radical (unpaired) electrons. The molecule has 1 heterocycles. The first-order chi connectivity index (χ1) is 7.70. The zero-order valence-corrected chi connectivity index (χ0v) is 10.3. The predicted molar refractivity (Wildman–Crippen MR) is 66.7 cm³/mol. The van der Waals surface area contributed by atoms with E-state index < -0.39 is 0 Å². The Morgan fingerprint density at radius 3 is 2.69 bits per heavy atom. The summed E-state index contributed by atoms with van der Waals surface area (Å²) in [6.45, 7) is 3.71. The van der Waals surface area contributed by atoms with Crippen LogP contribution in [0.15, 0.2) is 18.2 Å². The second kappa shape index (κ2) is 5.17. The molecule has 1 aromatic carbocycles. The van der Waals surface area contributed by atoms with Crippen LogP contribution in [0.2, 0.25) is 5.02 Å². The lowest BCUT2D eigenvalue weighted by molar-refractivity contribution is 0.0583. The van der Waals surface area contributed by atoms with Gasteiger partial charge in [0, 0.05) is 24.3 Å². The first kappa shape index (κ1) is 11.9. The standard InChI is InChI=1S/C13H18ClNO/c1-9-3-2-4-11(14)12(9)13(15)10-5-7-16-8-6-10/h2-4,10,13H,5-8,15H2,1H3/t13-/m1/s1. The van der Waals surface area contributed by atoms with Crippen LogP contribution in [-0.2, 0) is 4.74 Å². The van der Waals surface area contributed by atoms with Crippen molar-refractivity contribution < 1.29 is 4.74 Å². The molecule has 1 aromatic rings. The van der Waals surface area contributed by atoms with Crippen LogP contribution in [-0.4, -0.2) is 13.2 Å². The van der Waals surface area contributed by atoms with Gasteiger partial charge in [-0.25, -0.2) is 0 Å². The van der Waals surface area contributed by atoms with Crippen molar-refractivity contribution in [1.82, 2.24) is 0 Å². The van der Waals surface area contributed by atoms with E-state index in [1.807, 2.05) is 12.1 Å². The predicted octanol–water partition coefficient (Wildman–Crippen LogP) is 3.07. The number of benzene rings is 1. The number of rotatable bonds is 2. The van der Waals surface area contributed by atoms with Gasteiger partial charge in [-0.05, 0) is 42.9 Å². The van der Waals surface area contributed by atoms with Crippen molar-refractivity contribution >= 4 is 11.6 Å². The lowest BCUT2D eigenvalue weighted by Gasteiger charge is -2.29. The Morgan fingerprint density at radius 1 is 1.38 bits per heavy atom. The Hall–Kier alpha value is -0.570. The fraction of sp³-hybridized carbons (Fsp3) is 0.538. The molecule has 0 amide bonds. The van der Waals surface area contributed by atoms with Gasteiger partial charge in [0.15, 0.2) is 0 Å². The van der Waals surface area contributed by atoms with Crippen molar-refractivity contribution in [2.75, 3.05) is 13.2 Å². The number of aryl methyl sites for hydroxylation is 1. The van der Waals surface area contributed by atoms with Gasteiger partial charge in [-0.15, -0.1) is 0 Å². The molecule has 0 saturated carbocycles. The molecule has 1 aliphatic heterocycles. The van der Waals surface area contributed by atoms with Crippen LogP contribution in [0, 0.1) is 12.8 Å². The molecule has 0 spiro atoms. The average molecular weight is 240 g/mol. The second-order valence-corrected chi connectivity index (χ2v) is 4.85. The minimum Gasteiger partial charge on any atom is -0.381 e. The van der Waals surface area contributed by atoms with E-state index in [1.54, 1.807) is 0 Å². The monoisotopic (exact) mass is 239 g/mol. The van der Waals surface area contributed by atoms with E-state index in [2.05, 4.69) is 13.0 Å². The van der Waals surface area contributed by atoms with E-state index in [-0.39, 0.29) is 6.04 Å². The Kier molecular flexibility index (Phi) is 3.85.